The average Bonchev–Trinajstić information content (AvgIpc) is 3.27. The van der Waals surface area contributed by atoms with Gasteiger partial charge in [0.2, 0.25) is 0 Å². The number of hydrogen-bond acceptors (Lipinski definition) is 5. The number of aliphatic imine (C=N–C) groups is 2. The molecule has 2 atom stereocenters. The molecule has 2 heterocycles. The van der Waals surface area contributed by atoms with Crippen LogP contribution in [-0.2, 0) is 17.3 Å². The van der Waals surface area contributed by atoms with Crippen LogP contribution in [0.25, 0.3) is 0 Å². The molecule has 1 saturated heterocycles. The highest BCUT2D eigenvalue weighted by atomic mass is 19.3. The van der Waals surface area contributed by atoms with Crippen LogP contribution in [0.1, 0.15) is 36.6 Å². The summed E-state index contributed by atoms with van der Waals surface area (Å²) in [7, 11) is 2.10. The Morgan fingerprint density at radius 1 is 1.31 bits per heavy atom. The molecule has 0 spiro atoms. The maximum atomic E-state index is 15.0. The second kappa shape index (κ2) is 12.2. The molecule has 0 aliphatic carbocycles. The fourth-order valence-corrected chi connectivity index (χ4v) is 4.00. The van der Waals surface area contributed by atoms with E-state index in [1.54, 1.807) is 19.2 Å². The summed E-state index contributed by atoms with van der Waals surface area (Å²) in [5.74, 6) is -4.97. The van der Waals surface area contributed by atoms with Gasteiger partial charge in [-0.2, -0.15) is 8.78 Å². The van der Waals surface area contributed by atoms with Crippen LogP contribution in [0.15, 0.2) is 58.3 Å². The van der Waals surface area contributed by atoms with Crippen molar-refractivity contribution in [3.8, 4) is 0 Å². The Kier molecular flexibility index (Phi) is 9.30. The number of aromatic nitrogens is 1. The van der Waals surface area contributed by atoms with Crippen LogP contribution >= 0.6 is 0 Å². The molecule has 8 nitrogen and oxygen atoms in total. The number of alkyl halides is 2. The molecular formula is C25H34F3N7O. The number of ether oxygens (including phenoxy) is 1. The van der Waals surface area contributed by atoms with Crippen molar-refractivity contribution >= 4 is 11.7 Å². The van der Waals surface area contributed by atoms with Crippen LogP contribution in [0.3, 0.4) is 0 Å². The van der Waals surface area contributed by atoms with Gasteiger partial charge < -0.3 is 31.8 Å². The molecule has 0 amide bonds. The quantitative estimate of drug-likeness (QED) is 0.307. The van der Waals surface area contributed by atoms with Crippen LogP contribution in [0.5, 0.6) is 0 Å². The van der Waals surface area contributed by atoms with Gasteiger partial charge in [0.25, 0.3) is 0 Å². The Bertz CT molecular complexity index is 1090. The van der Waals surface area contributed by atoms with E-state index in [4.69, 9.17) is 21.9 Å². The van der Waals surface area contributed by atoms with Crippen molar-refractivity contribution < 1.29 is 17.9 Å². The van der Waals surface area contributed by atoms with E-state index in [1.807, 2.05) is 0 Å². The summed E-state index contributed by atoms with van der Waals surface area (Å²) in [6, 6.07) is 5.46. The number of rotatable bonds is 9. The fourth-order valence-electron chi connectivity index (χ4n) is 4.00. The van der Waals surface area contributed by atoms with Gasteiger partial charge >= 0.3 is 5.92 Å². The van der Waals surface area contributed by atoms with Gasteiger partial charge in [-0.05, 0) is 81.2 Å². The zero-order valence-electron chi connectivity index (χ0n) is 20.6. The summed E-state index contributed by atoms with van der Waals surface area (Å²) >= 11 is 0. The molecule has 1 fully saturated rings. The van der Waals surface area contributed by atoms with E-state index in [9.17, 15) is 13.2 Å². The SMILES string of the molecule is C/C(N)=C/C(N)/N=C(\N=C(N)C(F)(F)c1ccc(F)cc1)c1cc(COCC2CCCN(C)C2)c[nH]1. The number of nitrogens with two attached hydrogens (primary N) is 3. The minimum absolute atomic E-state index is 0.126. The molecule has 0 bridgehead atoms. The van der Waals surface area contributed by atoms with Crippen molar-refractivity contribution in [1.82, 2.24) is 9.88 Å². The van der Waals surface area contributed by atoms with Crippen molar-refractivity contribution in [2.45, 2.75) is 38.5 Å². The molecular weight excluding hydrogens is 471 g/mol. The van der Waals surface area contributed by atoms with Gasteiger partial charge in [0.15, 0.2) is 11.7 Å². The highest BCUT2D eigenvalue weighted by Gasteiger charge is 2.37. The zero-order valence-corrected chi connectivity index (χ0v) is 20.6. The van der Waals surface area contributed by atoms with Gasteiger partial charge in [0.1, 0.15) is 12.0 Å². The third kappa shape index (κ3) is 7.67. The Morgan fingerprint density at radius 2 is 2.03 bits per heavy atom. The molecule has 0 saturated carbocycles. The summed E-state index contributed by atoms with van der Waals surface area (Å²) in [6.07, 6.45) is 4.49. The van der Waals surface area contributed by atoms with Crippen LogP contribution in [0.4, 0.5) is 13.2 Å². The number of likely N-dealkylation sites (tertiary alicyclic amines) is 1. The normalized spacial score (nSPS) is 19.5. The molecule has 36 heavy (non-hydrogen) atoms. The topological polar surface area (TPSA) is 131 Å². The number of H-pyrrole nitrogens is 1. The van der Waals surface area contributed by atoms with Crippen molar-refractivity contribution in [3.05, 3.63) is 70.9 Å². The number of nitrogens with zero attached hydrogens (tertiary/aromatic N) is 3. The van der Waals surface area contributed by atoms with Gasteiger partial charge in [0, 0.05) is 24.0 Å². The summed E-state index contributed by atoms with van der Waals surface area (Å²) in [4.78, 5) is 13.4. The first-order valence-electron chi connectivity index (χ1n) is 11.7. The highest BCUT2D eigenvalue weighted by molar-refractivity contribution is 6.07. The number of nitrogens with one attached hydrogen (secondary N) is 1. The smallest absolute Gasteiger partial charge is 0.329 e. The minimum Gasteiger partial charge on any atom is -0.402 e. The van der Waals surface area contributed by atoms with Crippen LogP contribution < -0.4 is 17.2 Å². The molecule has 1 aromatic heterocycles. The number of hydrogen-bond donors (Lipinski definition) is 4. The van der Waals surface area contributed by atoms with E-state index < -0.39 is 29.3 Å². The average molecular weight is 506 g/mol. The van der Waals surface area contributed by atoms with Gasteiger partial charge in [-0.1, -0.05) is 0 Å². The van der Waals surface area contributed by atoms with Crippen molar-refractivity contribution in [1.29, 1.82) is 0 Å². The van der Waals surface area contributed by atoms with Crippen LogP contribution in [0, 0.1) is 11.7 Å². The van der Waals surface area contributed by atoms with Gasteiger partial charge in [-0.25, -0.2) is 14.4 Å². The van der Waals surface area contributed by atoms with Gasteiger partial charge in [-0.15, -0.1) is 0 Å². The van der Waals surface area contributed by atoms with E-state index in [1.165, 1.54) is 6.08 Å². The predicted octanol–water partition coefficient (Wildman–Crippen LogP) is 3.06. The lowest BCUT2D eigenvalue weighted by molar-refractivity contribution is 0.0579. The van der Waals surface area contributed by atoms with E-state index in [0.717, 1.165) is 55.8 Å². The molecule has 1 aromatic carbocycles. The second-order valence-corrected chi connectivity index (χ2v) is 9.14. The first-order valence-corrected chi connectivity index (χ1v) is 11.7. The summed E-state index contributed by atoms with van der Waals surface area (Å²) in [5.41, 5.74) is 18.4. The van der Waals surface area contributed by atoms with E-state index in [-0.39, 0.29) is 5.84 Å². The molecule has 2 unspecified atom stereocenters. The molecule has 11 heteroatoms. The maximum Gasteiger partial charge on any atom is 0.329 e. The highest BCUT2D eigenvalue weighted by Crippen LogP contribution is 2.28. The Labute approximate surface area is 209 Å². The predicted molar refractivity (Wildman–Crippen MR) is 135 cm³/mol. The third-order valence-corrected chi connectivity index (χ3v) is 5.79. The van der Waals surface area contributed by atoms with Gasteiger partial charge in [-0.3, -0.25) is 0 Å². The largest absolute Gasteiger partial charge is 0.402 e. The Balaban J connectivity index is 1.80. The molecule has 1 aliphatic heterocycles. The number of allylic oxidation sites excluding steroid dienone is 1. The maximum absolute atomic E-state index is 15.0. The number of amidine groups is 2. The second-order valence-electron chi connectivity index (χ2n) is 9.14. The minimum atomic E-state index is -3.66. The van der Waals surface area contributed by atoms with Crippen LogP contribution in [0.2, 0.25) is 0 Å². The molecule has 7 N–H and O–H groups in total. The van der Waals surface area contributed by atoms with Crippen molar-refractivity contribution in [3.63, 3.8) is 0 Å². The van der Waals surface area contributed by atoms with Crippen molar-refractivity contribution in [2.75, 3.05) is 26.7 Å². The lowest BCUT2D eigenvalue weighted by atomic mass is 10.00. The molecule has 3 rings (SSSR count). The number of piperidine rings is 1. The lowest BCUT2D eigenvalue weighted by Gasteiger charge is -2.29. The zero-order chi connectivity index (χ0) is 26.3. The van der Waals surface area contributed by atoms with Crippen molar-refractivity contribution in [2.24, 2.45) is 33.1 Å². The Hall–Kier alpha value is -3.15. The summed E-state index contributed by atoms with van der Waals surface area (Å²) < 4.78 is 49.0. The third-order valence-electron chi connectivity index (χ3n) is 5.79. The molecule has 1 aliphatic rings. The van der Waals surface area contributed by atoms with Crippen LogP contribution in [-0.4, -0.2) is 54.5 Å². The molecule has 196 valence electrons. The van der Waals surface area contributed by atoms with E-state index in [2.05, 4.69) is 26.9 Å². The Morgan fingerprint density at radius 3 is 2.69 bits per heavy atom. The number of halogens is 3. The summed E-state index contributed by atoms with van der Waals surface area (Å²) in [6.45, 7) is 4.70. The van der Waals surface area contributed by atoms with E-state index in [0.29, 0.717) is 30.5 Å². The molecule has 2 aromatic rings. The standard InChI is InChI=1S/C25H34F3N7O/c1-16(29)10-22(30)33-23(34-24(31)25(27,28)19-5-7-20(26)8-6-19)21-11-18(12-32-21)15-36-14-17-4-3-9-35(2)13-17/h5-8,10-12,17,22,32H,3-4,9,13-15,29-30H2,1-2H3,(H2,31,33,34)/b16-10-. The number of benzene rings is 1. The molecule has 0 radical (unpaired) electrons. The first-order chi connectivity index (χ1) is 17.0. The lowest BCUT2D eigenvalue weighted by Crippen LogP contribution is -2.34. The van der Waals surface area contributed by atoms with Gasteiger partial charge in [0.05, 0.1) is 18.9 Å². The van der Waals surface area contributed by atoms with E-state index >= 15 is 0 Å². The first kappa shape index (κ1) is 27.4. The summed E-state index contributed by atoms with van der Waals surface area (Å²) in [5, 5.41) is 0. The monoisotopic (exact) mass is 505 g/mol. The fraction of sp³-hybridized carbons (Fsp3) is 0.440. The number of aromatic amines is 1.